The lowest BCUT2D eigenvalue weighted by Crippen LogP contribution is -2.57. The van der Waals surface area contributed by atoms with Crippen molar-refractivity contribution < 1.29 is 18.8 Å². The number of hydrogen-bond acceptors (Lipinski definition) is 7. The summed E-state index contributed by atoms with van der Waals surface area (Å²) < 4.78 is 17.3. The third-order valence-corrected chi connectivity index (χ3v) is 7.88. The Morgan fingerprint density at radius 1 is 1.17 bits per heavy atom. The zero-order valence-electron chi connectivity index (χ0n) is 25.2. The number of ether oxygens (including phenoxy) is 2. The summed E-state index contributed by atoms with van der Waals surface area (Å²) in [6.45, 7) is 15.3. The van der Waals surface area contributed by atoms with Gasteiger partial charge in [-0.15, -0.1) is 0 Å². The van der Waals surface area contributed by atoms with Gasteiger partial charge in [0.05, 0.1) is 42.5 Å². The molecule has 1 aliphatic heterocycles. The Balaban J connectivity index is 1.38. The fourth-order valence-electron chi connectivity index (χ4n) is 5.47. The van der Waals surface area contributed by atoms with Gasteiger partial charge in [0.1, 0.15) is 11.4 Å². The van der Waals surface area contributed by atoms with Gasteiger partial charge in [-0.05, 0) is 96.2 Å². The Morgan fingerprint density at radius 3 is 2.41 bits per heavy atom. The molecule has 1 saturated carbocycles. The van der Waals surface area contributed by atoms with E-state index < -0.39 is 5.60 Å². The molecular weight excluding hydrogens is 516 g/mol. The van der Waals surface area contributed by atoms with Crippen LogP contribution in [0.25, 0.3) is 11.1 Å². The topological polar surface area (TPSA) is 91.8 Å². The van der Waals surface area contributed by atoms with Crippen LogP contribution in [0, 0.1) is 32.1 Å². The van der Waals surface area contributed by atoms with Gasteiger partial charge < -0.3 is 23.8 Å². The number of rotatable bonds is 8. The van der Waals surface area contributed by atoms with Crippen LogP contribution >= 0.6 is 0 Å². The van der Waals surface area contributed by atoms with E-state index in [0.29, 0.717) is 19.6 Å². The normalized spacial score (nSPS) is 17.0. The minimum Gasteiger partial charge on any atom is -0.444 e. The third-order valence-electron chi connectivity index (χ3n) is 7.88. The highest BCUT2D eigenvalue weighted by Crippen LogP contribution is 2.48. The molecule has 2 aliphatic rings. The smallest absolute Gasteiger partial charge is 0.410 e. The van der Waals surface area contributed by atoms with E-state index in [1.54, 1.807) is 4.90 Å². The monoisotopic (exact) mass is 556 g/mol. The summed E-state index contributed by atoms with van der Waals surface area (Å²) in [7, 11) is 0. The fraction of sp³-hybridized carbons (Fsp3) is 0.485. The Labute approximate surface area is 242 Å². The summed E-state index contributed by atoms with van der Waals surface area (Å²) in [5.41, 5.74) is 6.36. The van der Waals surface area contributed by atoms with E-state index in [1.807, 2.05) is 34.6 Å². The quantitative estimate of drug-likeness (QED) is 0.295. The maximum absolute atomic E-state index is 12.4. The average Bonchev–Trinajstić information content (AvgIpc) is 3.62. The predicted octanol–water partition coefficient (Wildman–Crippen LogP) is 6.98. The molecule has 1 aromatic heterocycles. The number of nitriles is 1. The van der Waals surface area contributed by atoms with Crippen LogP contribution in [0.2, 0.25) is 0 Å². The van der Waals surface area contributed by atoms with Crippen molar-refractivity contribution >= 4 is 17.5 Å². The molecule has 41 heavy (non-hydrogen) atoms. The van der Waals surface area contributed by atoms with Crippen LogP contribution < -0.4 is 4.90 Å². The van der Waals surface area contributed by atoms with E-state index in [0.717, 1.165) is 57.9 Å². The van der Waals surface area contributed by atoms with Gasteiger partial charge in [-0.25, -0.2) is 4.79 Å². The van der Waals surface area contributed by atoms with Crippen molar-refractivity contribution in [2.24, 2.45) is 0 Å². The molecule has 0 spiro atoms. The van der Waals surface area contributed by atoms with Crippen LogP contribution in [0.15, 0.2) is 47.0 Å². The van der Waals surface area contributed by atoms with Gasteiger partial charge >= 0.3 is 6.09 Å². The van der Waals surface area contributed by atoms with Crippen LogP contribution in [0.1, 0.15) is 63.1 Å². The fourth-order valence-corrected chi connectivity index (χ4v) is 5.47. The summed E-state index contributed by atoms with van der Waals surface area (Å²) in [4.78, 5) is 16.3. The second kappa shape index (κ2) is 10.9. The number of benzene rings is 2. The lowest BCUT2D eigenvalue weighted by atomic mass is 9.97. The van der Waals surface area contributed by atoms with Gasteiger partial charge in [-0.2, -0.15) is 5.26 Å². The molecule has 2 fully saturated rings. The van der Waals surface area contributed by atoms with Crippen molar-refractivity contribution in [1.82, 2.24) is 10.1 Å². The van der Waals surface area contributed by atoms with E-state index in [4.69, 9.17) is 14.0 Å². The first-order chi connectivity index (χ1) is 19.4. The zero-order chi connectivity index (χ0) is 29.5. The summed E-state index contributed by atoms with van der Waals surface area (Å²) in [5, 5.41) is 13.8. The number of likely N-dealkylation sites (tertiary alicyclic amines) is 1. The summed E-state index contributed by atoms with van der Waals surface area (Å²) in [6.07, 6.45) is 1.37. The molecule has 1 amide bonds. The van der Waals surface area contributed by atoms with E-state index in [-0.39, 0.29) is 23.7 Å². The number of aryl methyl sites for hydroxylation is 3. The average molecular weight is 557 g/mol. The summed E-state index contributed by atoms with van der Waals surface area (Å²) in [6, 6.07) is 17.3. The Hall–Kier alpha value is -3.83. The van der Waals surface area contributed by atoms with Gasteiger partial charge in [-0.1, -0.05) is 29.4 Å². The molecule has 1 atom stereocenters. The van der Waals surface area contributed by atoms with Crippen molar-refractivity contribution in [1.29, 1.82) is 5.26 Å². The largest absolute Gasteiger partial charge is 0.444 e. The van der Waals surface area contributed by atoms with Crippen LogP contribution in [0.5, 0.6) is 0 Å². The zero-order valence-corrected chi connectivity index (χ0v) is 25.2. The van der Waals surface area contributed by atoms with Crippen LogP contribution in [0.4, 0.5) is 16.2 Å². The van der Waals surface area contributed by atoms with Crippen molar-refractivity contribution in [2.75, 3.05) is 24.5 Å². The van der Waals surface area contributed by atoms with Crippen molar-refractivity contribution in [2.45, 2.75) is 84.5 Å². The lowest BCUT2D eigenvalue weighted by molar-refractivity contribution is -0.0854. The minimum absolute atomic E-state index is 0.0400. The number of nitrogens with zero attached hydrogens (tertiary/aromatic N) is 4. The van der Waals surface area contributed by atoms with Gasteiger partial charge in [0.2, 0.25) is 0 Å². The number of carbonyl (C=O) groups is 1. The molecule has 2 aromatic carbocycles. The van der Waals surface area contributed by atoms with Crippen molar-refractivity contribution in [3.05, 3.63) is 65.0 Å². The highest BCUT2D eigenvalue weighted by atomic mass is 16.6. The summed E-state index contributed by atoms with van der Waals surface area (Å²) in [5.74, 6) is 0.788. The van der Waals surface area contributed by atoms with Gasteiger partial charge in [0.15, 0.2) is 0 Å². The number of carbonyl (C=O) groups excluding carboxylic acids is 1. The number of aromatic nitrogens is 1. The number of amides is 1. The second-order valence-corrected chi connectivity index (χ2v) is 12.5. The SMILES string of the molecule is Cc1ccc(-c2c(C)noc2C)cc1N(CC(C)OC1CN(C(=O)OC(C)(C)C)C1)c1ccc(C2(C#N)CC2)cc1. The molecule has 1 saturated heterocycles. The number of anilines is 2. The molecule has 8 heteroatoms. The highest BCUT2D eigenvalue weighted by molar-refractivity contribution is 5.76. The van der Waals surface area contributed by atoms with E-state index in [2.05, 4.69) is 72.4 Å². The molecule has 3 aromatic rings. The Kier molecular flexibility index (Phi) is 7.60. The maximum atomic E-state index is 12.4. The molecule has 2 heterocycles. The first-order valence-electron chi connectivity index (χ1n) is 14.4. The molecule has 0 radical (unpaired) electrons. The van der Waals surface area contributed by atoms with E-state index in [1.165, 1.54) is 0 Å². The summed E-state index contributed by atoms with van der Waals surface area (Å²) >= 11 is 0. The first-order valence-corrected chi connectivity index (χ1v) is 14.4. The first kappa shape index (κ1) is 28.7. The van der Waals surface area contributed by atoms with Crippen LogP contribution in [0.3, 0.4) is 0 Å². The predicted molar refractivity (Wildman–Crippen MR) is 158 cm³/mol. The Bertz CT molecular complexity index is 1430. The molecule has 216 valence electrons. The van der Waals surface area contributed by atoms with Crippen molar-refractivity contribution in [3.8, 4) is 17.2 Å². The van der Waals surface area contributed by atoms with Gasteiger partial charge in [-0.3, -0.25) is 0 Å². The molecule has 0 bridgehead atoms. The van der Waals surface area contributed by atoms with E-state index >= 15 is 0 Å². The van der Waals surface area contributed by atoms with Gasteiger partial charge in [0, 0.05) is 23.5 Å². The Morgan fingerprint density at radius 2 is 1.85 bits per heavy atom. The molecule has 1 unspecified atom stereocenters. The molecule has 8 nitrogen and oxygen atoms in total. The highest BCUT2D eigenvalue weighted by Gasteiger charge is 2.44. The number of hydrogen-bond donors (Lipinski definition) is 0. The van der Waals surface area contributed by atoms with Crippen molar-refractivity contribution in [3.63, 3.8) is 0 Å². The van der Waals surface area contributed by atoms with E-state index in [9.17, 15) is 10.1 Å². The maximum Gasteiger partial charge on any atom is 0.410 e. The van der Waals surface area contributed by atoms with Crippen LogP contribution in [-0.2, 0) is 14.9 Å². The molecule has 5 rings (SSSR count). The lowest BCUT2D eigenvalue weighted by Gasteiger charge is -2.41. The standard InChI is InChI=1S/C33H40N4O4/c1-21-8-9-25(30-23(3)35-41-24(30)4)16-29(21)37(27-12-10-26(11-13-27)33(20-34)14-15-33)17-22(2)39-28-18-36(19-28)31(38)40-32(5,6)7/h8-13,16,22,28H,14-15,17-19H2,1-7H3. The molecule has 0 N–H and O–H groups in total. The van der Waals surface area contributed by atoms with Crippen LogP contribution in [-0.4, -0.2) is 53.6 Å². The second-order valence-electron chi connectivity index (χ2n) is 12.5. The minimum atomic E-state index is -0.519. The molecule has 1 aliphatic carbocycles. The third kappa shape index (κ3) is 6.11. The van der Waals surface area contributed by atoms with Gasteiger partial charge in [0.25, 0.3) is 0 Å². The molecular formula is C33H40N4O4.